The molecule has 0 N–H and O–H groups in total. The standard InChI is InChI=1S/C54H33N3O/c1-2-12-41-36(10-1)11-9-16-42(41)37-24-26-38(27-25-37)53-45-15-3-6-17-48(45)55-54(56-53)57-49-18-7-4-13-43(49)46-32-39(28-30-50(46)57)34-20-22-35(23-21-34)40-29-31-52-47(33-40)44-14-5-8-19-51(44)58-52/h1-33H. The van der Waals surface area contributed by atoms with E-state index in [1.807, 2.05) is 18.2 Å². The highest BCUT2D eigenvalue weighted by atomic mass is 16.3. The number of hydrogen-bond donors (Lipinski definition) is 0. The van der Waals surface area contributed by atoms with Crippen molar-refractivity contribution >= 4 is 65.4 Å². The van der Waals surface area contributed by atoms with Crippen LogP contribution in [0, 0.1) is 0 Å². The first-order valence-electron chi connectivity index (χ1n) is 19.6. The molecule has 12 rings (SSSR count). The first-order chi connectivity index (χ1) is 28.7. The van der Waals surface area contributed by atoms with Crippen molar-refractivity contribution in [2.24, 2.45) is 0 Å². The van der Waals surface area contributed by atoms with E-state index in [4.69, 9.17) is 14.4 Å². The van der Waals surface area contributed by atoms with Crippen LogP contribution < -0.4 is 0 Å². The number of benzene rings is 9. The third-order valence-corrected chi connectivity index (χ3v) is 11.7. The molecule has 3 aromatic heterocycles. The van der Waals surface area contributed by atoms with Crippen LogP contribution in [0.2, 0.25) is 0 Å². The Balaban J connectivity index is 0.943. The lowest BCUT2D eigenvalue weighted by Crippen LogP contribution is -2.03. The fraction of sp³-hybridized carbons (Fsp3) is 0. The molecule has 4 heteroatoms. The van der Waals surface area contributed by atoms with E-state index in [0.29, 0.717) is 5.95 Å². The molecule has 0 fully saturated rings. The first kappa shape index (κ1) is 32.4. The highest BCUT2D eigenvalue weighted by Crippen LogP contribution is 2.38. The summed E-state index contributed by atoms with van der Waals surface area (Å²) in [5.41, 5.74) is 13.9. The van der Waals surface area contributed by atoms with Crippen molar-refractivity contribution in [1.82, 2.24) is 14.5 Å². The molecule has 9 aromatic carbocycles. The average Bonchev–Trinajstić information content (AvgIpc) is 3.84. The number of rotatable bonds is 5. The Morgan fingerprint density at radius 2 is 0.914 bits per heavy atom. The zero-order chi connectivity index (χ0) is 38.2. The molecule has 270 valence electrons. The number of aromatic nitrogens is 3. The van der Waals surface area contributed by atoms with Gasteiger partial charge in [0.05, 0.1) is 22.2 Å². The molecular formula is C54H33N3O. The number of nitrogens with zero attached hydrogens (tertiary/aromatic N) is 3. The predicted molar refractivity (Wildman–Crippen MR) is 240 cm³/mol. The van der Waals surface area contributed by atoms with Gasteiger partial charge in [-0.15, -0.1) is 0 Å². The molecule has 0 unspecified atom stereocenters. The normalized spacial score (nSPS) is 11.8. The maximum atomic E-state index is 6.08. The predicted octanol–water partition coefficient (Wildman–Crippen LogP) is 14.4. The molecular weight excluding hydrogens is 707 g/mol. The Labute approximate surface area is 333 Å². The van der Waals surface area contributed by atoms with Crippen LogP contribution in [0.5, 0.6) is 0 Å². The summed E-state index contributed by atoms with van der Waals surface area (Å²) in [5.74, 6) is 0.650. The summed E-state index contributed by atoms with van der Waals surface area (Å²) >= 11 is 0. The fourth-order valence-electron chi connectivity index (χ4n) is 8.80. The Hall–Kier alpha value is -7.82. The summed E-state index contributed by atoms with van der Waals surface area (Å²) in [6.45, 7) is 0. The summed E-state index contributed by atoms with van der Waals surface area (Å²) in [7, 11) is 0. The van der Waals surface area contributed by atoms with E-state index in [2.05, 4.69) is 187 Å². The van der Waals surface area contributed by atoms with Gasteiger partial charge in [0.1, 0.15) is 11.2 Å². The van der Waals surface area contributed by atoms with Gasteiger partial charge in [-0.2, -0.15) is 0 Å². The molecule has 12 aromatic rings. The summed E-state index contributed by atoms with van der Waals surface area (Å²) in [5, 5.41) is 8.10. The lowest BCUT2D eigenvalue weighted by atomic mass is 9.96. The van der Waals surface area contributed by atoms with Crippen LogP contribution in [0.15, 0.2) is 205 Å². The topological polar surface area (TPSA) is 43.9 Å². The van der Waals surface area contributed by atoms with Gasteiger partial charge < -0.3 is 4.42 Å². The molecule has 0 radical (unpaired) electrons. The largest absolute Gasteiger partial charge is 0.456 e. The number of hydrogen-bond acceptors (Lipinski definition) is 3. The molecule has 3 heterocycles. The van der Waals surface area contributed by atoms with Gasteiger partial charge in [0.2, 0.25) is 5.95 Å². The highest BCUT2D eigenvalue weighted by molar-refractivity contribution is 6.11. The SMILES string of the molecule is c1ccc2c(-c3ccc(-c4nc(-n5c6ccccc6c6cc(-c7ccc(-c8ccc9oc%10ccccc%10c9c8)cc7)ccc65)nc5ccccc45)cc3)cccc2c1. The van der Waals surface area contributed by atoms with Gasteiger partial charge in [-0.05, 0) is 86.6 Å². The van der Waals surface area contributed by atoms with E-state index in [0.717, 1.165) is 77.0 Å². The van der Waals surface area contributed by atoms with Crippen LogP contribution in [0.4, 0.5) is 0 Å². The summed E-state index contributed by atoms with van der Waals surface area (Å²) in [4.78, 5) is 10.6. The van der Waals surface area contributed by atoms with Gasteiger partial charge >= 0.3 is 0 Å². The van der Waals surface area contributed by atoms with Gasteiger partial charge in [0, 0.05) is 32.5 Å². The van der Waals surface area contributed by atoms with Crippen molar-refractivity contribution in [3.63, 3.8) is 0 Å². The maximum Gasteiger partial charge on any atom is 0.235 e. The zero-order valence-corrected chi connectivity index (χ0v) is 31.3. The van der Waals surface area contributed by atoms with Crippen LogP contribution >= 0.6 is 0 Å². The van der Waals surface area contributed by atoms with Crippen LogP contribution in [0.3, 0.4) is 0 Å². The molecule has 0 bridgehead atoms. The Morgan fingerprint density at radius 1 is 0.345 bits per heavy atom. The van der Waals surface area contributed by atoms with Crippen molar-refractivity contribution in [3.05, 3.63) is 200 Å². The van der Waals surface area contributed by atoms with Crippen molar-refractivity contribution in [2.45, 2.75) is 0 Å². The molecule has 4 nitrogen and oxygen atoms in total. The molecule has 0 atom stereocenters. The van der Waals surface area contributed by atoms with E-state index in [-0.39, 0.29) is 0 Å². The van der Waals surface area contributed by atoms with E-state index in [1.54, 1.807) is 0 Å². The van der Waals surface area contributed by atoms with Crippen LogP contribution in [-0.4, -0.2) is 14.5 Å². The smallest absolute Gasteiger partial charge is 0.235 e. The summed E-state index contributed by atoms with van der Waals surface area (Å²) < 4.78 is 8.30. The van der Waals surface area contributed by atoms with Crippen molar-refractivity contribution < 1.29 is 4.42 Å². The van der Waals surface area contributed by atoms with E-state index < -0.39 is 0 Å². The number of para-hydroxylation sites is 3. The lowest BCUT2D eigenvalue weighted by Gasteiger charge is -2.13. The van der Waals surface area contributed by atoms with Gasteiger partial charge in [-0.25, -0.2) is 9.97 Å². The minimum absolute atomic E-state index is 0.650. The Kier molecular flexibility index (Phi) is 7.20. The second-order valence-corrected chi connectivity index (χ2v) is 15.0. The molecule has 0 aliphatic heterocycles. The maximum absolute atomic E-state index is 6.08. The second-order valence-electron chi connectivity index (χ2n) is 15.0. The second kappa shape index (κ2) is 12.9. The molecule has 0 saturated heterocycles. The first-order valence-corrected chi connectivity index (χ1v) is 19.6. The molecule has 58 heavy (non-hydrogen) atoms. The van der Waals surface area contributed by atoms with Crippen LogP contribution in [-0.2, 0) is 0 Å². The van der Waals surface area contributed by atoms with Gasteiger partial charge in [-0.3, -0.25) is 4.57 Å². The van der Waals surface area contributed by atoms with Crippen LogP contribution in [0.25, 0.3) is 116 Å². The van der Waals surface area contributed by atoms with Crippen molar-refractivity contribution in [2.75, 3.05) is 0 Å². The molecule has 0 aliphatic carbocycles. The molecule has 0 saturated carbocycles. The number of fused-ring (bicyclic) bond motifs is 8. The Morgan fingerprint density at radius 3 is 1.74 bits per heavy atom. The summed E-state index contributed by atoms with van der Waals surface area (Å²) in [6, 6.07) is 71.0. The summed E-state index contributed by atoms with van der Waals surface area (Å²) in [6.07, 6.45) is 0. The fourth-order valence-corrected chi connectivity index (χ4v) is 8.80. The van der Waals surface area contributed by atoms with Crippen molar-refractivity contribution in [1.29, 1.82) is 0 Å². The van der Waals surface area contributed by atoms with Crippen molar-refractivity contribution in [3.8, 4) is 50.6 Å². The van der Waals surface area contributed by atoms with Crippen LogP contribution in [0.1, 0.15) is 0 Å². The third kappa shape index (κ3) is 5.16. The van der Waals surface area contributed by atoms with E-state index >= 15 is 0 Å². The minimum Gasteiger partial charge on any atom is -0.456 e. The molecule has 0 amide bonds. The quantitative estimate of drug-likeness (QED) is 0.177. The third-order valence-electron chi connectivity index (χ3n) is 11.7. The van der Waals surface area contributed by atoms with E-state index in [1.165, 1.54) is 33.0 Å². The highest BCUT2D eigenvalue weighted by Gasteiger charge is 2.18. The zero-order valence-electron chi connectivity index (χ0n) is 31.3. The van der Waals surface area contributed by atoms with Gasteiger partial charge in [-0.1, -0.05) is 158 Å². The monoisotopic (exact) mass is 739 g/mol. The lowest BCUT2D eigenvalue weighted by molar-refractivity contribution is 0.669. The average molecular weight is 740 g/mol. The van der Waals surface area contributed by atoms with Gasteiger partial charge in [0.15, 0.2) is 0 Å². The van der Waals surface area contributed by atoms with Gasteiger partial charge in [0.25, 0.3) is 0 Å². The molecule has 0 aliphatic rings. The molecule has 0 spiro atoms. The number of furan rings is 1. The van der Waals surface area contributed by atoms with E-state index in [9.17, 15) is 0 Å². The Bertz CT molecular complexity index is 3550. The minimum atomic E-state index is 0.650.